The van der Waals surface area contributed by atoms with Crippen molar-refractivity contribution in [2.75, 3.05) is 6.54 Å². The van der Waals surface area contributed by atoms with Crippen LogP contribution in [0.15, 0.2) is 41.2 Å². The van der Waals surface area contributed by atoms with Gasteiger partial charge in [-0.05, 0) is 31.7 Å². The first-order valence-corrected chi connectivity index (χ1v) is 5.50. The second-order valence-corrected chi connectivity index (χ2v) is 3.75. The molecule has 2 aromatic rings. The van der Waals surface area contributed by atoms with E-state index in [4.69, 9.17) is 4.42 Å². The normalized spacial score (nSPS) is 12.6. The monoisotopic (exact) mass is 216 g/mol. The van der Waals surface area contributed by atoms with Crippen molar-refractivity contribution in [3.05, 3.63) is 53.7 Å². The van der Waals surface area contributed by atoms with Crippen LogP contribution in [-0.2, 0) is 0 Å². The molecule has 84 valence electrons. The Bertz CT molecular complexity index is 437. The molecule has 0 saturated carbocycles. The van der Waals surface area contributed by atoms with Crippen molar-refractivity contribution in [3.63, 3.8) is 0 Å². The summed E-state index contributed by atoms with van der Waals surface area (Å²) in [5, 5.41) is 3.41. The highest BCUT2D eigenvalue weighted by Crippen LogP contribution is 2.20. The van der Waals surface area contributed by atoms with Crippen LogP contribution in [0.5, 0.6) is 0 Å². The Morgan fingerprint density at radius 3 is 2.88 bits per heavy atom. The van der Waals surface area contributed by atoms with Crippen molar-refractivity contribution < 1.29 is 4.42 Å². The Morgan fingerprint density at radius 2 is 2.25 bits per heavy atom. The predicted octanol–water partition coefficient (Wildman–Crippen LogP) is 2.68. The Kier molecular flexibility index (Phi) is 3.37. The molecule has 0 saturated heterocycles. The largest absolute Gasteiger partial charge is 0.472 e. The number of aromatic nitrogens is 1. The van der Waals surface area contributed by atoms with Crippen LogP contribution in [0, 0.1) is 6.92 Å². The molecule has 3 nitrogen and oxygen atoms in total. The van der Waals surface area contributed by atoms with Gasteiger partial charge >= 0.3 is 0 Å². The molecule has 0 aliphatic carbocycles. The first-order valence-electron chi connectivity index (χ1n) is 5.50. The highest BCUT2D eigenvalue weighted by molar-refractivity contribution is 5.25. The number of nitrogens with one attached hydrogen (secondary N) is 1. The zero-order chi connectivity index (χ0) is 11.4. The van der Waals surface area contributed by atoms with Crippen LogP contribution < -0.4 is 5.32 Å². The molecule has 2 heterocycles. The van der Waals surface area contributed by atoms with Gasteiger partial charge in [-0.3, -0.25) is 4.98 Å². The number of pyridine rings is 1. The second-order valence-electron chi connectivity index (χ2n) is 3.75. The summed E-state index contributed by atoms with van der Waals surface area (Å²) in [6, 6.07) is 8.15. The summed E-state index contributed by atoms with van der Waals surface area (Å²) in [5.74, 6) is 0. The molecule has 16 heavy (non-hydrogen) atoms. The van der Waals surface area contributed by atoms with Crippen LogP contribution in [-0.4, -0.2) is 11.5 Å². The zero-order valence-electron chi connectivity index (χ0n) is 9.60. The molecule has 0 spiro atoms. The SMILES string of the molecule is CCNC(c1ccoc1)c1cccc(C)n1. The molecule has 2 rings (SSSR count). The van der Waals surface area contributed by atoms with Gasteiger partial charge in [0.25, 0.3) is 0 Å². The van der Waals surface area contributed by atoms with E-state index in [2.05, 4.69) is 17.2 Å². The van der Waals surface area contributed by atoms with E-state index in [0.29, 0.717) is 0 Å². The number of furan rings is 1. The summed E-state index contributed by atoms with van der Waals surface area (Å²) >= 11 is 0. The molecule has 0 aromatic carbocycles. The lowest BCUT2D eigenvalue weighted by Gasteiger charge is -2.16. The van der Waals surface area contributed by atoms with Crippen molar-refractivity contribution in [1.29, 1.82) is 0 Å². The van der Waals surface area contributed by atoms with Crippen molar-refractivity contribution in [1.82, 2.24) is 10.3 Å². The van der Waals surface area contributed by atoms with E-state index < -0.39 is 0 Å². The number of aryl methyl sites for hydroxylation is 1. The maximum atomic E-state index is 5.13. The van der Waals surface area contributed by atoms with E-state index in [1.165, 1.54) is 0 Å². The molecule has 0 aliphatic rings. The average molecular weight is 216 g/mol. The third kappa shape index (κ3) is 2.31. The molecular weight excluding hydrogens is 200 g/mol. The molecule has 1 atom stereocenters. The maximum absolute atomic E-state index is 5.13. The fraction of sp³-hybridized carbons (Fsp3) is 0.308. The molecule has 0 bridgehead atoms. The van der Waals surface area contributed by atoms with E-state index in [-0.39, 0.29) is 6.04 Å². The first-order chi connectivity index (χ1) is 7.81. The summed E-state index contributed by atoms with van der Waals surface area (Å²) in [7, 11) is 0. The average Bonchev–Trinajstić information content (AvgIpc) is 2.79. The fourth-order valence-electron chi connectivity index (χ4n) is 1.76. The van der Waals surface area contributed by atoms with Crippen LogP contribution in [0.25, 0.3) is 0 Å². The van der Waals surface area contributed by atoms with Crippen molar-refractivity contribution in [2.24, 2.45) is 0 Å². The lowest BCUT2D eigenvalue weighted by molar-refractivity contribution is 0.550. The van der Waals surface area contributed by atoms with E-state index in [1.54, 1.807) is 12.5 Å². The minimum Gasteiger partial charge on any atom is -0.472 e. The smallest absolute Gasteiger partial charge is 0.0954 e. The highest BCUT2D eigenvalue weighted by atomic mass is 16.3. The van der Waals surface area contributed by atoms with Gasteiger partial charge in [-0.25, -0.2) is 0 Å². The van der Waals surface area contributed by atoms with Gasteiger partial charge in [0.05, 0.1) is 24.3 Å². The minimum atomic E-state index is 0.114. The van der Waals surface area contributed by atoms with Crippen LogP contribution in [0.3, 0.4) is 0 Å². The van der Waals surface area contributed by atoms with Gasteiger partial charge in [0.2, 0.25) is 0 Å². The van der Waals surface area contributed by atoms with Crippen molar-refractivity contribution >= 4 is 0 Å². The lowest BCUT2D eigenvalue weighted by Crippen LogP contribution is -2.22. The number of nitrogens with zero attached hydrogens (tertiary/aromatic N) is 1. The van der Waals surface area contributed by atoms with Crippen LogP contribution in [0.2, 0.25) is 0 Å². The molecule has 0 aliphatic heterocycles. The lowest BCUT2D eigenvalue weighted by atomic mass is 10.1. The Hall–Kier alpha value is -1.61. The summed E-state index contributed by atoms with van der Waals surface area (Å²) in [5.41, 5.74) is 3.17. The van der Waals surface area contributed by atoms with Crippen LogP contribution in [0.4, 0.5) is 0 Å². The van der Waals surface area contributed by atoms with Gasteiger partial charge in [-0.1, -0.05) is 13.0 Å². The molecule has 0 radical (unpaired) electrons. The van der Waals surface area contributed by atoms with Crippen molar-refractivity contribution in [3.8, 4) is 0 Å². The molecule has 1 N–H and O–H groups in total. The van der Waals surface area contributed by atoms with E-state index in [9.17, 15) is 0 Å². The Balaban J connectivity index is 2.33. The molecule has 0 fully saturated rings. The van der Waals surface area contributed by atoms with Gasteiger partial charge in [0, 0.05) is 11.3 Å². The summed E-state index contributed by atoms with van der Waals surface area (Å²) < 4.78 is 5.13. The summed E-state index contributed by atoms with van der Waals surface area (Å²) in [6.07, 6.45) is 3.45. The third-order valence-corrected chi connectivity index (χ3v) is 2.49. The fourth-order valence-corrected chi connectivity index (χ4v) is 1.76. The Morgan fingerprint density at radius 1 is 1.38 bits per heavy atom. The van der Waals surface area contributed by atoms with Gasteiger partial charge in [-0.15, -0.1) is 0 Å². The van der Waals surface area contributed by atoms with E-state index in [0.717, 1.165) is 23.5 Å². The van der Waals surface area contributed by atoms with Gasteiger partial charge in [-0.2, -0.15) is 0 Å². The standard InChI is InChI=1S/C13H16N2O/c1-3-14-13(11-7-8-16-9-11)12-6-4-5-10(2)15-12/h4-9,13-14H,3H2,1-2H3. The highest BCUT2D eigenvalue weighted by Gasteiger charge is 2.15. The summed E-state index contributed by atoms with van der Waals surface area (Å²) in [6.45, 7) is 4.98. The molecule has 2 aromatic heterocycles. The van der Waals surface area contributed by atoms with Crippen molar-refractivity contribution in [2.45, 2.75) is 19.9 Å². The first kappa shape index (κ1) is 10.9. The molecule has 3 heteroatoms. The maximum Gasteiger partial charge on any atom is 0.0954 e. The Labute approximate surface area is 95.5 Å². The number of rotatable bonds is 4. The van der Waals surface area contributed by atoms with Crippen LogP contribution in [0.1, 0.15) is 29.9 Å². The topological polar surface area (TPSA) is 38.1 Å². The zero-order valence-corrected chi connectivity index (χ0v) is 9.60. The quantitative estimate of drug-likeness (QED) is 0.853. The third-order valence-electron chi connectivity index (χ3n) is 2.49. The minimum absolute atomic E-state index is 0.114. The van der Waals surface area contributed by atoms with Gasteiger partial charge in [0.15, 0.2) is 0 Å². The van der Waals surface area contributed by atoms with Crippen LogP contribution >= 0.6 is 0 Å². The van der Waals surface area contributed by atoms with Gasteiger partial charge < -0.3 is 9.73 Å². The molecular formula is C13H16N2O. The van der Waals surface area contributed by atoms with Gasteiger partial charge in [0.1, 0.15) is 0 Å². The molecule has 1 unspecified atom stereocenters. The number of hydrogen-bond donors (Lipinski definition) is 1. The predicted molar refractivity (Wildman–Crippen MR) is 63.2 cm³/mol. The van der Waals surface area contributed by atoms with E-state index in [1.807, 2.05) is 31.2 Å². The van der Waals surface area contributed by atoms with E-state index >= 15 is 0 Å². The number of hydrogen-bond acceptors (Lipinski definition) is 3. The summed E-state index contributed by atoms with van der Waals surface area (Å²) in [4.78, 5) is 4.54. The molecule has 0 amide bonds. The second kappa shape index (κ2) is 4.94.